The van der Waals surface area contributed by atoms with Crippen LogP contribution in [0.5, 0.6) is 0 Å². The summed E-state index contributed by atoms with van der Waals surface area (Å²) in [6, 6.07) is 5.97. The molecule has 2 heterocycles. The van der Waals surface area contributed by atoms with Gasteiger partial charge in [-0.05, 0) is 18.4 Å². The van der Waals surface area contributed by atoms with Gasteiger partial charge in [0.1, 0.15) is 0 Å². The van der Waals surface area contributed by atoms with Crippen LogP contribution in [0.1, 0.15) is 11.8 Å². The van der Waals surface area contributed by atoms with Gasteiger partial charge in [0.25, 0.3) is 0 Å². The zero-order chi connectivity index (χ0) is 16.4. The van der Waals surface area contributed by atoms with Crippen molar-refractivity contribution in [2.75, 3.05) is 0 Å². The van der Waals surface area contributed by atoms with Crippen molar-refractivity contribution in [2.24, 2.45) is 0 Å². The van der Waals surface area contributed by atoms with Crippen molar-refractivity contribution >= 4 is 40.0 Å². The van der Waals surface area contributed by atoms with E-state index in [4.69, 9.17) is 0 Å². The molecule has 4 nitrogen and oxygen atoms in total. The molecule has 23 heavy (non-hydrogen) atoms. The number of carbonyl (C=O) groups excluding carboxylic acids is 1. The Labute approximate surface area is 139 Å². The molecule has 8 heteroatoms. The fraction of sp³-hybridized carbons (Fsp3) is 0.200. The Kier molecular flexibility index (Phi) is 4.63. The van der Waals surface area contributed by atoms with E-state index in [1.807, 2.05) is 17.5 Å². The normalized spacial score (nSPS) is 12.5. The number of nitrogens with zero attached hydrogens (tertiary/aromatic N) is 1. The maximum absolute atomic E-state index is 13.2. The highest BCUT2D eigenvalue weighted by Crippen LogP contribution is 2.25. The molecule has 2 N–H and O–H groups in total. The van der Waals surface area contributed by atoms with Crippen LogP contribution < -0.4 is 5.32 Å². The summed E-state index contributed by atoms with van der Waals surface area (Å²) in [6.45, 7) is 2.24. The zero-order valence-corrected chi connectivity index (χ0v) is 13.7. The first-order chi connectivity index (χ1) is 11.0. The lowest BCUT2D eigenvalue weighted by atomic mass is 10.3. The number of H-pyrrole nitrogens is 1. The SMILES string of the molecule is CC(Sc1nc2cc(F)c(F)cc2[nH]1)C(=O)NCc1cccs1. The largest absolute Gasteiger partial charge is 0.350 e. The number of thioether (sulfide) groups is 1. The third-order valence-corrected chi connectivity index (χ3v) is 5.04. The summed E-state index contributed by atoms with van der Waals surface area (Å²) >= 11 is 2.78. The second-order valence-corrected chi connectivity index (χ2v) is 7.24. The molecule has 0 saturated heterocycles. The van der Waals surface area contributed by atoms with Gasteiger partial charge in [-0.15, -0.1) is 11.3 Å². The molecule has 0 radical (unpaired) electrons. The van der Waals surface area contributed by atoms with Crippen LogP contribution >= 0.6 is 23.1 Å². The van der Waals surface area contributed by atoms with Gasteiger partial charge in [0.2, 0.25) is 5.91 Å². The standard InChI is InChI=1S/C15H13F2N3OS2/c1-8(14(21)18-7-9-3-2-4-22-9)23-15-19-12-5-10(16)11(17)6-13(12)20-15/h2-6,8H,7H2,1H3,(H,18,21)(H,19,20). The van der Waals surface area contributed by atoms with Gasteiger partial charge in [0, 0.05) is 17.0 Å². The van der Waals surface area contributed by atoms with Crippen molar-refractivity contribution in [3.63, 3.8) is 0 Å². The minimum atomic E-state index is -0.942. The Balaban J connectivity index is 1.64. The third kappa shape index (κ3) is 3.70. The number of amides is 1. The number of aromatic nitrogens is 2. The van der Waals surface area contributed by atoms with E-state index in [-0.39, 0.29) is 11.2 Å². The molecule has 0 saturated carbocycles. The number of imidazole rings is 1. The summed E-state index contributed by atoms with van der Waals surface area (Å²) in [5.74, 6) is -2.00. The molecule has 0 aliphatic rings. The Bertz CT molecular complexity index is 794. The molecular formula is C15H13F2N3OS2. The van der Waals surface area contributed by atoms with Crippen molar-refractivity contribution in [1.82, 2.24) is 15.3 Å². The molecule has 0 fully saturated rings. The second kappa shape index (κ2) is 6.67. The lowest BCUT2D eigenvalue weighted by molar-refractivity contribution is -0.120. The van der Waals surface area contributed by atoms with Gasteiger partial charge in [0.15, 0.2) is 16.8 Å². The fourth-order valence-electron chi connectivity index (χ4n) is 1.99. The molecule has 2 aromatic heterocycles. The Hall–Kier alpha value is -1.93. The number of halogens is 2. The van der Waals surface area contributed by atoms with Gasteiger partial charge < -0.3 is 10.3 Å². The van der Waals surface area contributed by atoms with Crippen LogP contribution in [0.4, 0.5) is 8.78 Å². The summed E-state index contributed by atoms with van der Waals surface area (Å²) in [5.41, 5.74) is 0.732. The van der Waals surface area contributed by atoms with Gasteiger partial charge >= 0.3 is 0 Å². The smallest absolute Gasteiger partial charge is 0.233 e. The summed E-state index contributed by atoms with van der Waals surface area (Å²) in [6.07, 6.45) is 0. The first-order valence-corrected chi connectivity index (χ1v) is 8.60. The number of fused-ring (bicyclic) bond motifs is 1. The van der Waals surface area contributed by atoms with E-state index in [2.05, 4.69) is 15.3 Å². The molecule has 1 atom stereocenters. The van der Waals surface area contributed by atoms with E-state index in [0.29, 0.717) is 22.7 Å². The van der Waals surface area contributed by atoms with Crippen LogP contribution in [0.2, 0.25) is 0 Å². The Morgan fingerprint density at radius 2 is 2.22 bits per heavy atom. The third-order valence-electron chi connectivity index (χ3n) is 3.18. The molecular weight excluding hydrogens is 340 g/mol. The number of aromatic amines is 1. The number of hydrogen-bond donors (Lipinski definition) is 2. The molecule has 120 valence electrons. The monoisotopic (exact) mass is 353 g/mol. The van der Waals surface area contributed by atoms with Gasteiger partial charge in [-0.25, -0.2) is 13.8 Å². The molecule has 3 aromatic rings. The van der Waals surface area contributed by atoms with Crippen LogP contribution in [0, 0.1) is 11.6 Å². The van der Waals surface area contributed by atoms with E-state index in [1.165, 1.54) is 11.8 Å². The molecule has 1 unspecified atom stereocenters. The van der Waals surface area contributed by atoms with Crippen molar-refractivity contribution in [2.45, 2.75) is 23.9 Å². The Morgan fingerprint density at radius 3 is 2.96 bits per heavy atom. The highest BCUT2D eigenvalue weighted by atomic mass is 32.2. The maximum Gasteiger partial charge on any atom is 0.233 e. The molecule has 0 bridgehead atoms. The number of nitrogens with one attached hydrogen (secondary N) is 2. The molecule has 1 amide bonds. The van der Waals surface area contributed by atoms with Crippen LogP contribution in [0.15, 0.2) is 34.8 Å². The van der Waals surface area contributed by atoms with Crippen molar-refractivity contribution in [3.8, 4) is 0 Å². The van der Waals surface area contributed by atoms with Crippen molar-refractivity contribution < 1.29 is 13.6 Å². The predicted octanol–water partition coefficient (Wildman–Crippen LogP) is 3.70. The van der Waals surface area contributed by atoms with E-state index in [0.717, 1.165) is 17.0 Å². The topological polar surface area (TPSA) is 57.8 Å². The van der Waals surface area contributed by atoms with E-state index in [9.17, 15) is 13.6 Å². The number of thiophene rings is 1. The number of rotatable bonds is 5. The van der Waals surface area contributed by atoms with Crippen LogP contribution in [0.3, 0.4) is 0 Å². The van der Waals surface area contributed by atoms with Crippen molar-refractivity contribution in [3.05, 3.63) is 46.2 Å². The average molecular weight is 353 g/mol. The quantitative estimate of drug-likeness (QED) is 0.688. The first kappa shape index (κ1) is 15.9. The number of carbonyl (C=O) groups is 1. The summed E-state index contributed by atoms with van der Waals surface area (Å²) in [4.78, 5) is 20.2. The van der Waals surface area contributed by atoms with Crippen LogP contribution in [-0.4, -0.2) is 21.1 Å². The Morgan fingerprint density at radius 1 is 1.43 bits per heavy atom. The van der Waals surface area contributed by atoms with Crippen LogP contribution in [0.25, 0.3) is 11.0 Å². The molecule has 0 aliphatic heterocycles. The fourth-order valence-corrected chi connectivity index (χ4v) is 3.48. The highest BCUT2D eigenvalue weighted by molar-refractivity contribution is 8.00. The number of benzene rings is 1. The lowest BCUT2D eigenvalue weighted by Gasteiger charge is -2.09. The summed E-state index contributed by atoms with van der Waals surface area (Å²) in [5, 5.41) is 4.86. The van der Waals surface area contributed by atoms with Gasteiger partial charge in [0.05, 0.1) is 22.8 Å². The predicted molar refractivity (Wildman–Crippen MR) is 87.5 cm³/mol. The molecule has 3 rings (SSSR count). The highest BCUT2D eigenvalue weighted by Gasteiger charge is 2.17. The van der Waals surface area contributed by atoms with Gasteiger partial charge in [-0.1, -0.05) is 17.8 Å². The first-order valence-electron chi connectivity index (χ1n) is 6.84. The molecule has 1 aromatic carbocycles. The van der Waals surface area contributed by atoms with E-state index < -0.39 is 11.6 Å². The molecule has 0 aliphatic carbocycles. The van der Waals surface area contributed by atoms with Crippen molar-refractivity contribution in [1.29, 1.82) is 0 Å². The maximum atomic E-state index is 13.2. The van der Waals surface area contributed by atoms with Crippen LogP contribution in [-0.2, 0) is 11.3 Å². The summed E-state index contributed by atoms with van der Waals surface area (Å²) < 4.78 is 26.4. The number of hydrogen-bond acceptors (Lipinski definition) is 4. The minimum absolute atomic E-state index is 0.124. The lowest BCUT2D eigenvalue weighted by Crippen LogP contribution is -2.30. The zero-order valence-electron chi connectivity index (χ0n) is 12.1. The van der Waals surface area contributed by atoms with E-state index in [1.54, 1.807) is 18.3 Å². The van der Waals surface area contributed by atoms with Gasteiger partial charge in [-0.2, -0.15) is 0 Å². The second-order valence-electron chi connectivity index (χ2n) is 4.88. The summed E-state index contributed by atoms with van der Waals surface area (Å²) in [7, 11) is 0. The molecule has 0 spiro atoms. The minimum Gasteiger partial charge on any atom is -0.350 e. The van der Waals surface area contributed by atoms with E-state index >= 15 is 0 Å². The van der Waals surface area contributed by atoms with Gasteiger partial charge in [-0.3, -0.25) is 4.79 Å². The average Bonchev–Trinajstić information content (AvgIpc) is 3.14.